The highest BCUT2D eigenvalue weighted by molar-refractivity contribution is 5.76. The Labute approximate surface area is 121 Å². The lowest BCUT2D eigenvalue weighted by molar-refractivity contribution is -0.384. The number of hydrogen-bond donors (Lipinski definition) is 1. The van der Waals surface area contributed by atoms with E-state index in [2.05, 4.69) is 5.48 Å². The lowest BCUT2D eigenvalue weighted by Gasteiger charge is -2.22. The number of hydroxylamine groups is 1. The van der Waals surface area contributed by atoms with E-state index in [9.17, 15) is 14.9 Å². The summed E-state index contributed by atoms with van der Waals surface area (Å²) in [7, 11) is 0. The Bertz CT molecular complexity index is 501. The van der Waals surface area contributed by atoms with Crippen LogP contribution in [0.2, 0.25) is 0 Å². The summed E-state index contributed by atoms with van der Waals surface area (Å²) in [5.74, 6) is -0.246. The molecule has 21 heavy (non-hydrogen) atoms. The molecule has 1 amide bonds. The summed E-state index contributed by atoms with van der Waals surface area (Å²) in [6, 6.07) is 5.61. The van der Waals surface area contributed by atoms with Crippen molar-refractivity contribution in [3.8, 4) is 5.75 Å². The van der Waals surface area contributed by atoms with E-state index in [4.69, 9.17) is 14.3 Å². The molecule has 0 aliphatic carbocycles. The van der Waals surface area contributed by atoms with Gasteiger partial charge in [0.15, 0.2) is 12.9 Å². The van der Waals surface area contributed by atoms with E-state index in [1.807, 2.05) is 0 Å². The molecule has 114 valence electrons. The number of benzene rings is 1. The summed E-state index contributed by atoms with van der Waals surface area (Å²) in [5.41, 5.74) is 2.14. The zero-order chi connectivity index (χ0) is 15.1. The summed E-state index contributed by atoms with van der Waals surface area (Å²) in [6.07, 6.45) is 2.28. The molecule has 0 radical (unpaired) electrons. The van der Waals surface area contributed by atoms with Crippen molar-refractivity contribution in [2.75, 3.05) is 13.2 Å². The third-order valence-electron chi connectivity index (χ3n) is 2.84. The summed E-state index contributed by atoms with van der Waals surface area (Å²) in [6.45, 7) is 0.318. The van der Waals surface area contributed by atoms with Gasteiger partial charge in [0.1, 0.15) is 5.75 Å². The number of ether oxygens (including phenoxy) is 2. The highest BCUT2D eigenvalue weighted by Gasteiger charge is 2.16. The smallest absolute Gasteiger partial charge is 0.281 e. The molecule has 1 aromatic rings. The number of non-ortho nitro benzene ring substituents is 1. The molecule has 1 saturated heterocycles. The van der Waals surface area contributed by atoms with E-state index in [-0.39, 0.29) is 18.0 Å². The van der Waals surface area contributed by atoms with E-state index in [0.29, 0.717) is 6.61 Å². The van der Waals surface area contributed by atoms with Crippen LogP contribution in [0.3, 0.4) is 0 Å². The maximum Gasteiger partial charge on any atom is 0.281 e. The van der Waals surface area contributed by atoms with Gasteiger partial charge in [-0.05, 0) is 18.9 Å². The minimum Gasteiger partial charge on any atom is -0.483 e. The predicted molar refractivity (Wildman–Crippen MR) is 71.4 cm³/mol. The zero-order valence-corrected chi connectivity index (χ0v) is 11.3. The molecule has 0 aromatic heterocycles. The fourth-order valence-corrected chi connectivity index (χ4v) is 1.80. The van der Waals surface area contributed by atoms with Gasteiger partial charge in [-0.15, -0.1) is 0 Å². The van der Waals surface area contributed by atoms with Gasteiger partial charge in [0.25, 0.3) is 11.6 Å². The normalized spacial score (nSPS) is 18.0. The Morgan fingerprint density at radius 3 is 3.05 bits per heavy atom. The molecule has 1 aliphatic rings. The second kappa shape index (κ2) is 7.55. The summed E-state index contributed by atoms with van der Waals surface area (Å²) < 4.78 is 10.4. The van der Waals surface area contributed by atoms with Gasteiger partial charge in [0.2, 0.25) is 0 Å². The predicted octanol–water partition coefficient (Wildman–Crippen LogP) is 1.55. The van der Waals surface area contributed by atoms with E-state index < -0.39 is 17.1 Å². The van der Waals surface area contributed by atoms with Crippen molar-refractivity contribution in [2.45, 2.75) is 25.6 Å². The minimum atomic E-state index is -0.531. The largest absolute Gasteiger partial charge is 0.483 e. The first-order valence-corrected chi connectivity index (χ1v) is 6.58. The van der Waals surface area contributed by atoms with Gasteiger partial charge in [-0.3, -0.25) is 14.9 Å². The van der Waals surface area contributed by atoms with Crippen LogP contribution in [-0.2, 0) is 14.4 Å². The molecule has 1 atom stereocenters. The molecule has 1 heterocycles. The van der Waals surface area contributed by atoms with Crippen molar-refractivity contribution < 1.29 is 24.0 Å². The third-order valence-corrected chi connectivity index (χ3v) is 2.84. The van der Waals surface area contributed by atoms with E-state index in [0.717, 1.165) is 19.3 Å². The van der Waals surface area contributed by atoms with Crippen molar-refractivity contribution in [3.63, 3.8) is 0 Å². The summed E-state index contributed by atoms with van der Waals surface area (Å²) >= 11 is 0. The topological polar surface area (TPSA) is 99.9 Å². The lowest BCUT2D eigenvalue weighted by atomic mass is 10.2. The number of nitro groups is 1. The number of hydrogen-bond acceptors (Lipinski definition) is 6. The second-order valence-corrected chi connectivity index (χ2v) is 4.48. The van der Waals surface area contributed by atoms with Crippen molar-refractivity contribution in [3.05, 3.63) is 34.4 Å². The van der Waals surface area contributed by atoms with E-state index >= 15 is 0 Å². The first-order valence-electron chi connectivity index (χ1n) is 6.58. The highest BCUT2D eigenvalue weighted by atomic mass is 16.8. The number of carbonyl (C=O) groups is 1. The molecule has 1 N–H and O–H groups in total. The van der Waals surface area contributed by atoms with Crippen LogP contribution >= 0.6 is 0 Å². The lowest BCUT2D eigenvalue weighted by Crippen LogP contribution is -2.35. The quantitative estimate of drug-likeness (QED) is 0.631. The molecular weight excluding hydrogens is 280 g/mol. The third kappa shape index (κ3) is 5.01. The number of rotatable bonds is 6. The summed E-state index contributed by atoms with van der Waals surface area (Å²) in [4.78, 5) is 26.7. The average molecular weight is 296 g/mol. The molecule has 2 rings (SSSR count). The number of nitrogens with one attached hydrogen (secondary N) is 1. The molecule has 0 unspecified atom stereocenters. The molecule has 0 spiro atoms. The van der Waals surface area contributed by atoms with Crippen molar-refractivity contribution in [2.24, 2.45) is 0 Å². The Morgan fingerprint density at radius 2 is 2.33 bits per heavy atom. The van der Waals surface area contributed by atoms with Gasteiger partial charge < -0.3 is 9.47 Å². The van der Waals surface area contributed by atoms with Crippen molar-refractivity contribution in [1.82, 2.24) is 5.48 Å². The van der Waals surface area contributed by atoms with E-state index in [1.165, 1.54) is 24.3 Å². The highest BCUT2D eigenvalue weighted by Crippen LogP contribution is 2.18. The maximum atomic E-state index is 11.5. The van der Waals surface area contributed by atoms with Crippen molar-refractivity contribution >= 4 is 11.6 Å². The minimum absolute atomic E-state index is 0.0974. The molecule has 8 nitrogen and oxygen atoms in total. The Balaban J connectivity index is 1.73. The van der Waals surface area contributed by atoms with Crippen LogP contribution in [0, 0.1) is 10.1 Å². The number of amides is 1. The van der Waals surface area contributed by atoms with E-state index in [1.54, 1.807) is 0 Å². The van der Waals surface area contributed by atoms with Crippen molar-refractivity contribution in [1.29, 1.82) is 0 Å². The molecule has 1 fully saturated rings. The molecule has 1 aliphatic heterocycles. The zero-order valence-electron chi connectivity index (χ0n) is 11.3. The number of nitrogens with zero attached hydrogens (tertiary/aromatic N) is 1. The second-order valence-electron chi connectivity index (χ2n) is 4.48. The fourth-order valence-electron chi connectivity index (χ4n) is 1.80. The number of nitro benzene ring substituents is 1. The van der Waals surface area contributed by atoms with Crippen LogP contribution in [0.25, 0.3) is 0 Å². The Kier molecular flexibility index (Phi) is 5.47. The Hall–Kier alpha value is -2.19. The van der Waals surface area contributed by atoms with Crippen LogP contribution in [-0.4, -0.2) is 30.3 Å². The average Bonchev–Trinajstić information content (AvgIpc) is 2.52. The van der Waals surface area contributed by atoms with Gasteiger partial charge in [-0.2, -0.15) is 0 Å². The first kappa shape index (κ1) is 15.2. The Morgan fingerprint density at radius 1 is 1.48 bits per heavy atom. The first-order chi connectivity index (χ1) is 10.1. The van der Waals surface area contributed by atoms with Crippen LogP contribution in [0.15, 0.2) is 24.3 Å². The summed E-state index contributed by atoms with van der Waals surface area (Å²) in [5, 5.41) is 10.6. The van der Waals surface area contributed by atoms with Gasteiger partial charge in [0.05, 0.1) is 11.0 Å². The van der Waals surface area contributed by atoms with Gasteiger partial charge >= 0.3 is 0 Å². The molecule has 0 saturated carbocycles. The van der Waals surface area contributed by atoms with Gasteiger partial charge in [-0.25, -0.2) is 10.3 Å². The van der Waals surface area contributed by atoms with Crippen LogP contribution < -0.4 is 10.2 Å². The maximum absolute atomic E-state index is 11.5. The van der Waals surface area contributed by atoms with Crippen LogP contribution in [0.4, 0.5) is 5.69 Å². The SMILES string of the molecule is O=C(COc1cccc([N+](=O)[O-])c1)NO[C@H]1CCCCO1. The van der Waals surface area contributed by atoms with Crippen LogP contribution in [0.5, 0.6) is 5.75 Å². The molecule has 1 aromatic carbocycles. The monoisotopic (exact) mass is 296 g/mol. The number of carbonyl (C=O) groups excluding carboxylic acids is 1. The van der Waals surface area contributed by atoms with Gasteiger partial charge in [-0.1, -0.05) is 6.07 Å². The standard InChI is InChI=1S/C13H16N2O6/c16-12(14-21-13-6-1-2-7-19-13)9-20-11-5-3-4-10(8-11)15(17)18/h3-5,8,13H,1-2,6-7,9H2,(H,14,16)/t13-/m0/s1. The molecular formula is C13H16N2O6. The van der Waals surface area contributed by atoms with Gasteiger partial charge in [0, 0.05) is 19.1 Å². The van der Waals surface area contributed by atoms with Crippen LogP contribution in [0.1, 0.15) is 19.3 Å². The molecule has 8 heteroatoms. The molecule has 0 bridgehead atoms. The fraction of sp³-hybridized carbons (Fsp3) is 0.462.